The van der Waals surface area contributed by atoms with Crippen molar-refractivity contribution in [3.05, 3.63) is 21.9 Å². The molecule has 0 saturated carbocycles. The lowest BCUT2D eigenvalue weighted by atomic mass is 10.3. The number of ether oxygens (including phenoxy) is 1. The Morgan fingerprint density at radius 1 is 1.67 bits per heavy atom. The quantitative estimate of drug-likeness (QED) is 0.509. The zero-order chi connectivity index (χ0) is 6.27. The third-order valence-electron chi connectivity index (χ3n) is 1.30. The van der Waals surface area contributed by atoms with Crippen LogP contribution in [0.15, 0.2) is 11.4 Å². The minimum absolute atomic E-state index is 0.175. The number of hydrogen-bond donors (Lipinski definition) is 0. The van der Waals surface area contributed by atoms with Crippen molar-refractivity contribution in [1.29, 1.82) is 0 Å². The van der Waals surface area contributed by atoms with Gasteiger partial charge in [-0.1, -0.05) is 0 Å². The highest BCUT2D eigenvalue weighted by Gasteiger charge is 2.21. The Hall–Kier alpha value is -0.830. The van der Waals surface area contributed by atoms with E-state index in [1.165, 1.54) is 0 Å². The highest BCUT2D eigenvalue weighted by atomic mass is 32.1. The zero-order valence-electron chi connectivity index (χ0n) is 4.59. The molecular weight excluding hydrogens is 136 g/mol. The SMILES string of the molecule is O=C1OCc2sccc21. The van der Waals surface area contributed by atoms with Crippen LogP contribution in [0.5, 0.6) is 0 Å². The molecule has 0 radical (unpaired) electrons. The van der Waals surface area contributed by atoms with Crippen molar-refractivity contribution < 1.29 is 9.53 Å². The predicted molar refractivity (Wildman–Crippen MR) is 33.4 cm³/mol. The lowest BCUT2D eigenvalue weighted by Crippen LogP contribution is -1.91. The molecule has 3 heteroatoms. The molecule has 46 valence electrons. The fourth-order valence-electron chi connectivity index (χ4n) is 0.843. The van der Waals surface area contributed by atoms with Crippen LogP contribution in [-0.4, -0.2) is 5.97 Å². The molecule has 0 atom stereocenters. The molecule has 0 aliphatic carbocycles. The van der Waals surface area contributed by atoms with E-state index in [9.17, 15) is 4.79 Å². The fraction of sp³-hybridized carbons (Fsp3) is 0.167. The summed E-state index contributed by atoms with van der Waals surface area (Å²) in [6.07, 6.45) is 0. The first kappa shape index (κ1) is 4.99. The van der Waals surface area contributed by atoms with Crippen LogP contribution in [0.25, 0.3) is 0 Å². The van der Waals surface area contributed by atoms with Crippen molar-refractivity contribution in [2.24, 2.45) is 0 Å². The first-order chi connectivity index (χ1) is 4.38. The smallest absolute Gasteiger partial charge is 0.339 e. The van der Waals surface area contributed by atoms with Gasteiger partial charge < -0.3 is 4.74 Å². The van der Waals surface area contributed by atoms with Gasteiger partial charge in [-0.3, -0.25) is 0 Å². The van der Waals surface area contributed by atoms with Crippen LogP contribution in [-0.2, 0) is 11.3 Å². The van der Waals surface area contributed by atoms with Crippen molar-refractivity contribution in [3.8, 4) is 0 Å². The van der Waals surface area contributed by atoms with Gasteiger partial charge in [0.2, 0.25) is 0 Å². The average molecular weight is 140 g/mol. The van der Waals surface area contributed by atoms with Gasteiger partial charge in [-0.05, 0) is 11.4 Å². The van der Waals surface area contributed by atoms with Crippen LogP contribution in [0.1, 0.15) is 15.2 Å². The zero-order valence-corrected chi connectivity index (χ0v) is 5.40. The molecule has 2 nitrogen and oxygen atoms in total. The second-order valence-corrected chi connectivity index (χ2v) is 2.83. The van der Waals surface area contributed by atoms with Gasteiger partial charge in [-0.15, -0.1) is 11.3 Å². The van der Waals surface area contributed by atoms with Gasteiger partial charge in [0.15, 0.2) is 0 Å². The number of fused-ring (bicyclic) bond motifs is 1. The Kier molecular flexibility index (Phi) is 0.873. The van der Waals surface area contributed by atoms with Gasteiger partial charge in [-0.25, -0.2) is 4.79 Å². The number of carbonyl (C=O) groups is 1. The Labute approximate surface area is 56.1 Å². The Balaban J connectivity index is 2.61. The van der Waals surface area contributed by atoms with Crippen molar-refractivity contribution in [2.75, 3.05) is 0 Å². The van der Waals surface area contributed by atoms with E-state index >= 15 is 0 Å². The molecule has 0 saturated heterocycles. The number of esters is 1. The second kappa shape index (κ2) is 1.57. The molecule has 0 bridgehead atoms. The van der Waals surface area contributed by atoms with Crippen LogP contribution in [0, 0.1) is 0 Å². The Bertz CT molecular complexity index is 251. The maximum Gasteiger partial charge on any atom is 0.339 e. The van der Waals surface area contributed by atoms with E-state index in [0.717, 1.165) is 10.4 Å². The lowest BCUT2D eigenvalue weighted by molar-refractivity contribution is 0.0536. The van der Waals surface area contributed by atoms with E-state index in [1.807, 2.05) is 5.38 Å². The molecule has 2 heterocycles. The number of cyclic esters (lactones) is 1. The van der Waals surface area contributed by atoms with E-state index in [2.05, 4.69) is 0 Å². The van der Waals surface area contributed by atoms with Crippen molar-refractivity contribution >= 4 is 17.3 Å². The van der Waals surface area contributed by atoms with Gasteiger partial charge in [0.05, 0.1) is 10.4 Å². The normalized spacial score (nSPS) is 15.3. The molecule has 0 amide bonds. The number of rotatable bonds is 0. The summed E-state index contributed by atoms with van der Waals surface area (Å²) >= 11 is 1.57. The van der Waals surface area contributed by atoms with Gasteiger partial charge in [0.1, 0.15) is 6.61 Å². The van der Waals surface area contributed by atoms with Crippen molar-refractivity contribution in [3.63, 3.8) is 0 Å². The molecule has 1 aliphatic heterocycles. The van der Waals surface area contributed by atoms with E-state index in [0.29, 0.717) is 6.61 Å². The van der Waals surface area contributed by atoms with Gasteiger partial charge in [0.25, 0.3) is 0 Å². The summed E-state index contributed by atoms with van der Waals surface area (Å²) in [5.74, 6) is -0.175. The molecule has 0 aromatic carbocycles. The maximum absolute atomic E-state index is 10.7. The molecule has 0 fully saturated rings. The van der Waals surface area contributed by atoms with Crippen LogP contribution in [0.2, 0.25) is 0 Å². The first-order valence-electron chi connectivity index (χ1n) is 2.61. The van der Waals surface area contributed by atoms with Crippen molar-refractivity contribution in [1.82, 2.24) is 0 Å². The number of thiophene rings is 1. The van der Waals surface area contributed by atoms with Crippen LogP contribution < -0.4 is 0 Å². The Morgan fingerprint density at radius 2 is 2.56 bits per heavy atom. The largest absolute Gasteiger partial charge is 0.456 e. The fourth-order valence-corrected chi connectivity index (χ4v) is 1.62. The highest BCUT2D eigenvalue weighted by molar-refractivity contribution is 7.10. The summed E-state index contributed by atoms with van der Waals surface area (Å²) in [5, 5.41) is 1.91. The number of hydrogen-bond acceptors (Lipinski definition) is 3. The first-order valence-corrected chi connectivity index (χ1v) is 3.49. The van der Waals surface area contributed by atoms with E-state index in [4.69, 9.17) is 4.74 Å². The van der Waals surface area contributed by atoms with Gasteiger partial charge >= 0.3 is 5.97 Å². The van der Waals surface area contributed by atoms with E-state index in [1.54, 1.807) is 17.4 Å². The third-order valence-corrected chi connectivity index (χ3v) is 2.19. The number of carbonyl (C=O) groups excluding carboxylic acids is 1. The summed E-state index contributed by atoms with van der Waals surface area (Å²) in [5.41, 5.74) is 0.750. The van der Waals surface area contributed by atoms with Crippen molar-refractivity contribution in [2.45, 2.75) is 6.61 Å². The summed E-state index contributed by atoms with van der Waals surface area (Å²) in [4.78, 5) is 11.8. The predicted octanol–water partition coefficient (Wildman–Crippen LogP) is 1.42. The Morgan fingerprint density at radius 3 is 3.33 bits per heavy atom. The van der Waals surface area contributed by atoms with Gasteiger partial charge in [0, 0.05) is 0 Å². The molecule has 1 aromatic heterocycles. The maximum atomic E-state index is 10.7. The lowest BCUT2D eigenvalue weighted by Gasteiger charge is -1.84. The molecule has 9 heavy (non-hydrogen) atoms. The molecule has 1 aliphatic rings. The minimum Gasteiger partial charge on any atom is -0.456 e. The van der Waals surface area contributed by atoms with Crippen LogP contribution in [0.3, 0.4) is 0 Å². The minimum atomic E-state index is -0.175. The second-order valence-electron chi connectivity index (χ2n) is 1.83. The standard InChI is InChI=1S/C6H4O2S/c7-6-4-1-2-9-5(4)3-8-6/h1-2H,3H2. The monoisotopic (exact) mass is 140 g/mol. The van der Waals surface area contributed by atoms with Crippen LogP contribution >= 0.6 is 11.3 Å². The van der Waals surface area contributed by atoms with E-state index < -0.39 is 0 Å². The van der Waals surface area contributed by atoms with E-state index in [-0.39, 0.29) is 5.97 Å². The average Bonchev–Trinajstić information content (AvgIpc) is 2.35. The molecule has 0 unspecified atom stereocenters. The molecule has 0 spiro atoms. The third kappa shape index (κ3) is 0.580. The molecular formula is C6H4O2S. The highest BCUT2D eigenvalue weighted by Crippen LogP contribution is 2.24. The summed E-state index contributed by atoms with van der Waals surface area (Å²) < 4.78 is 4.73. The summed E-state index contributed by atoms with van der Waals surface area (Å²) in [6.45, 7) is 0.478. The summed E-state index contributed by atoms with van der Waals surface area (Å²) in [7, 11) is 0. The van der Waals surface area contributed by atoms with Crippen LogP contribution in [0.4, 0.5) is 0 Å². The molecule has 0 N–H and O–H groups in total. The topological polar surface area (TPSA) is 26.3 Å². The molecule has 1 aromatic rings. The van der Waals surface area contributed by atoms with Gasteiger partial charge in [-0.2, -0.15) is 0 Å². The summed E-state index contributed by atoms with van der Waals surface area (Å²) in [6, 6.07) is 1.80. The molecule has 2 rings (SSSR count).